The molecule has 21 nitrogen and oxygen atoms in total. The molecule has 22 heteroatoms. The van der Waals surface area contributed by atoms with Crippen LogP contribution in [0, 0.1) is 5.92 Å². The zero-order valence-corrected chi connectivity index (χ0v) is 44.6. The van der Waals surface area contributed by atoms with Gasteiger partial charge in [-0.25, -0.2) is 15.0 Å². The Morgan fingerprint density at radius 3 is 2.52 bits per heavy atom. The molecule has 0 radical (unpaired) electrons. The number of aromatic nitrogens is 7. The number of halogens is 1. The number of nitrogens with one attached hydrogen (secondary N) is 5. The Morgan fingerprint density at radius 2 is 1.74 bits per heavy atom. The molecule has 3 fully saturated rings. The van der Waals surface area contributed by atoms with Crippen LogP contribution >= 0.6 is 11.6 Å². The van der Waals surface area contributed by atoms with Gasteiger partial charge >= 0.3 is 0 Å². The number of H-pyrrole nitrogens is 1. The van der Waals surface area contributed by atoms with E-state index in [1.54, 1.807) is 41.4 Å². The normalized spacial score (nSPS) is 17.3. The molecule has 3 aliphatic rings. The highest BCUT2D eigenvalue weighted by molar-refractivity contribution is 6.30. The van der Waals surface area contributed by atoms with Crippen molar-refractivity contribution in [2.24, 2.45) is 11.7 Å². The number of fused-ring (bicyclic) bond motifs is 1. The number of hydrogen-bond donors (Lipinski definition) is 6. The molecule has 3 aliphatic heterocycles. The fourth-order valence-corrected chi connectivity index (χ4v) is 10.4. The van der Waals surface area contributed by atoms with Crippen molar-refractivity contribution in [2.45, 2.75) is 76.4 Å². The lowest BCUT2D eigenvalue weighted by Gasteiger charge is -2.39. The smallest absolute Gasteiger partial charge is 0.272 e. The van der Waals surface area contributed by atoms with Gasteiger partial charge in [0.25, 0.3) is 5.91 Å². The number of aryl methyl sites for hydroxylation is 2. The van der Waals surface area contributed by atoms with Crippen molar-refractivity contribution in [1.82, 2.24) is 65.6 Å². The van der Waals surface area contributed by atoms with Crippen molar-refractivity contribution in [3.05, 3.63) is 113 Å². The number of nitrogens with zero attached hydrogens (tertiary/aromatic N) is 10. The van der Waals surface area contributed by atoms with Crippen LogP contribution in [-0.4, -0.2) is 164 Å². The SMILES string of the molecule is CCc1cccc(-c2cnc(C(=O)NCCc3cn(CCC(=O)N4CCN(CC[C@H](NC(=O)C5(N)CCN(c6ncnc7[nH]ccc67)CC5)c5ccc(Cl)cc5)CC4)nn3)c(NC(=O)CNCC3CCN(C)C(=O)C3)c2)c1. The maximum Gasteiger partial charge on any atom is 0.272 e. The number of nitrogens with two attached hydrogens (primary N) is 1. The maximum atomic E-state index is 14.0. The molecule has 6 aromatic rings. The van der Waals surface area contributed by atoms with Crippen LogP contribution in [0.15, 0.2) is 85.6 Å². The summed E-state index contributed by atoms with van der Waals surface area (Å²) in [5, 5.41) is 22.4. The van der Waals surface area contributed by atoms with E-state index >= 15 is 0 Å². The number of likely N-dealkylation sites (tertiary alicyclic amines) is 1. The minimum Gasteiger partial charge on any atom is -0.356 e. The van der Waals surface area contributed by atoms with Gasteiger partial charge < -0.3 is 46.7 Å². The Morgan fingerprint density at radius 1 is 0.935 bits per heavy atom. The lowest BCUT2D eigenvalue weighted by molar-refractivity contribution is -0.134. The third-order valence-corrected chi connectivity index (χ3v) is 15.4. The maximum absolute atomic E-state index is 14.0. The zero-order chi connectivity index (χ0) is 53.9. The number of pyridine rings is 1. The summed E-state index contributed by atoms with van der Waals surface area (Å²) in [6, 6.07) is 19.0. The monoisotopic (exact) mass is 1070 g/mol. The lowest BCUT2D eigenvalue weighted by atomic mass is 9.87. The van der Waals surface area contributed by atoms with Crippen molar-refractivity contribution in [3.8, 4) is 11.1 Å². The molecular formula is C55H69ClN16O5. The second-order valence-electron chi connectivity index (χ2n) is 20.4. The fourth-order valence-electron chi connectivity index (χ4n) is 10.3. The highest BCUT2D eigenvalue weighted by atomic mass is 35.5. The Hall–Kier alpha value is -7.33. The first-order valence-electron chi connectivity index (χ1n) is 26.7. The number of anilines is 2. The van der Waals surface area contributed by atoms with E-state index in [0.717, 1.165) is 51.9 Å². The Bertz CT molecular complexity index is 3020. The number of piperazine rings is 1. The Balaban J connectivity index is 0.717. The Labute approximate surface area is 453 Å². The molecule has 406 valence electrons. The van der Waals surface area contributed by atoms with Crippen LogP contribution < -0.4 is 31.9 Å². The molecule has 2 aromatic carbocycles. The van der Waals surface area contributed by atoms with E-state index in [2.05, 4.69) is 74.3 Å². The summed E-state index contributed by atoms with van der Waals surface area (Å²) in [5.74, 6) is 0.149. The van der Waals surface area contributed by atoms with Gasteiger partial charge in [-0.05, 0) is 85.5 Å². The fraction of sp³-hybridized carbons (Fsp3) is 0.455. The van der Waals surface area contributed by atoms with Crippen LogP contribution in [0.4, 0.5) is 11.5 Å². The first-order chi connectivity index (χ1) is 37.3. The summed E-state index contributed by atoms with van der Waals surface area (Å²) >= 11 is 6.26. The molecular weight excluding hydrogens is 1000 g/mol. The van der Waals surface area contributed by atoms with E-state index in [0.29, 0.717) is 108 Å². The molecule has 4 aromatic heterocycles. The average molecular weight is 1070 g/mol. The van der Waals surface area contributed by atoms with Gasteiger partial charge in [0.15, 0.2) is 5.69 Å². The van der Waals surface area contributed by atoms with Crippen molar-refractivity contribution in [3.63, 3.8) is 0 Å². The highest BCUT2D eigenvalue weighted by Crippen LogP contribution is 2.30. The standard InChI is InChI=1S/C55H69ClN16O5/c1-3-37-5-4-6-40(29-37)41-31-46(64-47(73)34-58-32-38-13-20-68(2)49(75)30-38)50(61-33-41)53(76)60-18-11-43-35-72(67-66-43)22-15-48(74)70-27-25-69(26-28-70)21-14-45(39-7-9-42(56)10-8-39)65-54(77)55(57)16-23-71(24-17-55)52-44-12-19-59-51(44)62-36-63-52/h4-10,12,19,29,31,33,35-36,38,45,58H,3,11,13-18,20-28,30,32,34,57H2,1-2H3,(H,60,76)(H,64,73)(H,65,77)(H,59,62,63)/t38?,45-/m0/s1. The summed E-state index contributed by atoms with van der Waals surface area (Å²) in [5.41, 5.74) is 11.4. The topological polar surface area (TPSA) is 258 Å². The van der Waals surface area contributed by atoms with E-state index in [4.69, 9.17) is 17.3 Å². The first kappa shape index (κ1) is 54.5. The molecule has 1 unspecified atom stereocenters. The number of rotatable bonds is 21. The van der Waals surface area contributed by atoms with E-state index in [-0.39, 0.29) is 66.5 Å². The number of carbonyl (C=O) groups is 5. The van der Waals surface area contributed by atoms with Gasteiger partial charge in [-0.1, -0.05) is 60.1 Å². The highest BCUT2D eigenvalue weighted by Gasteiger charge is 2.39. The Kier molecular flexibility index (Phi) is 17.8. The molecule has 0 saturated carbocycles. The predicted molar refractivity (Wildman–Crippen MR) is 294 cm³/mol. The number of benzene rings is 2. The molecule has 9 rings (SSSR count). The van der Waals surface area contributed by atoms with Crippen molar-refractivity contribution in [2.75, 3.05) is 89.3 Å². The minimum atomic E-state index is -1.04. The van der Waals surface area contributed by atoms with Crippen LogP contribution in [0.5, 0.6) is 0 Å². The molecule has 5 amide bonds. The molecule has 3 saturated heterocycles. The van der Waals surface area contributed by atoms with Gasteiger partial charge in [-0.2, -0.15) is 0 Å². The lowest BCUT2D eigenvalue weighted by Crippen LogP contribution is -2.60. The van der Waals surface area contributed by atoms with E-state index in [1.807, 2.05) is 59.6 Å². The third kappa shape index (κ3) is 14.0. The first-order valence-corrected chi connectivity index (χ1v) is 27.1. The van der Waals surface area contributed by atoms with E-state index in [9.17, 15) is 24.0 Å². The second kappa shape index (κ2) is 25.2. The van der Waals surface area contributed by atoms with Gasteiger partial charge in [0.2, 0.25) is 23.6 Å². The average Bonchev–Trinajstić information content (AvgIpc) is 4.13. The summed E-state index contributed by atoms with van der Waals surface area (Å²) in [6.45, 7) is 8.32. The largest absolute Gasteiger partial charge is 0.356 e. The number of amides is 5. The molecule has 2 atom stereocenters. The van der Waals surface area contributed by atoms with Gasteiger partial charge in [-0.15, -0.1) is 5.10 Å². The van der Waals surface area contributed by atoms with Crippen LogP contribution in [-0.2, 0) is 38.6 Å². The number of carbonyl (C=O) groups excluding carboxylic acids is 5. The van der Waals surface area contributed by atoms with Crippen LogP contribution in [0.2, 0.25) is 5.02 Å². The summed E-state index contributed by atoms with van der Waals surface area (Å²) in [4.78, 5) is 91.0. The summed E-state index contributed by atoms with van der Waals surface area (Å²) < 4.78 is 1.64. The van der Waals surface area contributed by atoms with Gasteiger partial charge in [0.1, 0.15) is 17.8 Å². The van der Waals surface area contributed by atoms with Crippen molar-refractivity contribution in [1.29, 1.82) is 0 Å². The molecule has 0 spiro atoms. The zero-order valence-electron chi connectivity index (χ0n) is 43.8. The van der Waals surface area contributed by atoms with Crippen molar-refractivity contribution < 1.29 is 24.0 Å². The van der Waals surface area contributed by atoms with Gasteiger partial charge in [0, 0.05) is 114 Å². The van der Waals surface area contributed by atoms with Crippen LogP contribution in [0.25, 0.3) is 22.2 Å². The molecule has 77 heavy (non-hydrogen) atoms. The molecule has 7 heterocycles. The van der Waals surface area contributed by atoms with Crippen LogP contribution in [0.3, 0.4) is 0 Å². The number of piperidine rings is 2. The predicted octanol–water partition coefficient (Wildman–Crippen LogP) is 3.98. The van der Waals surface area contributed by atoms with Crippen molar-refractivity contribution >= 4 is 63.7 Å². The molecule has 7 N–H and O–H groups in total. The van der Waals surface area contributed by atoms with Crippen LogP contribution in [0.1, 0.15) is 78.8 Å². The number of hydrogen-bond acceptors (Lipinski definition) is 14. The second-order valence-corrected chi connectivity index (χ2v) is 20.9. The van der Waals surface area contributed by atoms with E-state index < -0.39 is 11.4 Å². The quantitative estimate of drug-likeness (QED) is 0.0597. The number of aromatic amines is 1. The van der Waals surface area contributed by atoms with E-state index in [1.165, 1.54) is 0 Å². The summed E-state index contributed by atoms with van der Waals surface area (Å²) in [7, 11) is 1.80. The minimum absolute atomic E-state index is 0.00849. The summed E-state index contributed by atoms with van der Waals surface area (Å²) in [6.07, 6.45) is 11.2. The van der Waals surface area contributed by atoms with Gasteiger partial charge in [0.05, 0.1) is 41.4 Å². The van der Waals surface area contributed by atoms with Gasteiger partial charge in [-0.3, -0.25) is 33.6 Å². The molecule has 0 aliphatic carbocycles. The molecule has 0 bridgehead atoms. The third-order valence-electron chi connectivity index (χ3n) is 15.1.